The molecule has 0 unspecified atom stereocenters. The average Bonchev–Trinajstić information content (AvgIpc) is 2.60. The highest BCUT2D eigenvalue weighted by molar-refractivity contribution is 5.59. The van der Waals surface area contributed by atoms with E-state index in [1.165, 1.54) is 23.2 Å². The summed E-state index contributed by atoms with van der Waals surface area (Å²) in [7, 11) is 4.17. The predicted molar refractivity (Wildman–Crippen MR) is 65.5 cm³/mol. The van der Waals surface area contributed by atoms with Crippen molar-refractivity contribution in [3.05, 3.63) is 29.3 Å². The van der Waals surface area contributed by atoms with E-state index < -0.39 is 0 Å². The molecule has 15 heavy (non-hydrogen) atoms. The van der Waals surface area contributed by atoms with Crippen LogP contribution in [0.4, 0.5) is 5.69 Å². The fourth-order valence-electron chi connectivity index (χ4n) is 2.10. The Morgan fingerprint density at radius 3 is 2.73 bits per heavy atom. The van der Waals surface area contributed by atoms with E-state index in [1.807, 2.05) is 7.05 Å². The van der Waals surface area contributed by atoms with E-state index in [0.717, 1.165) is 6.54 Å². The molecule has 0 atom stereocenters. The van der Waals surface area contributed by atoms with Gasteiger partial charge in [0.2, 0.25) is 0 Å². The van der Waals surface area contributed by atoms with E-state index in [0.29, 0.717) is 0 Å². The Bertz CT molecular complexity index is 369. The Morgan fingerprint density at radius 2 is 2.07 bits per heavy atom. The highest BCUT2D eigenvalue weighted by atomic mass is 15.1. The van der Waals surface area contributed by atoms with Crippen LogP contribution in [0.3, 0.4) is 0 Å². The third-order valence-corrected chi connectivity index (χ3v) is 3.55. The fourth-order valence-corrected chi connectivity index (χ4v) is 2.10. The number of hydrogen-bond acceptors (Lipinski definition) is 2. The Labute approximate surface area is 92.3 Å². The number of nitrogens with one attached hydrogen (secondary N) is 1. The van der Waals surface area contributed by atoms with Gasteiger partial charge >= 0.3 is 0 Å². The first-order valence-electron chi connectivity index (χ1n) is 5.58. The SMILES string of the molecule is CNC(C)(C)c1ccc2c(c1)CCN2C. The standard InChI is InChI=1S/C13H20N2/c1-13(2,14-3)11-5-6-12-10(9-11)7-8-15(12)4/h5-6,9,14H,7-8H2,1-4H3. The Kier molecular flexibility index (Phi) is 2.47. The van der Waals surface area contributed by atoms with Gasteiger partial charge in [-0.25, -0.2) is 0 Å². The van der Waals surface area contributed by atoms with Gasteiger partial charge in [-0.2, -0.15) is 0 Å². The Hall–Kier alpha value is -1.02. The minimum absolute atomic E-state index is 0.0657. The van der Waals surface area contributed by atoms with Gasteiger partial charge in [-0.3, -0.25) is 0 Å². The summed E-state index contributed by atoms with van der Waals surface area (Å²) in [6.07, 6.45) is 1.18. The molecule has 0 saturated heterocycles. The summed E-state index contributed by atoms with van der Waals surface area (Å²) < 4.78 is 0. The van der Waals surface area contributed by atoms with E-state index in [-0.39, 0.29) is 5.54 Å². The van der Waals surface area contributed by atoms with Crippen molar-refractivity contribution in [3.8, 4) is 0 Å². The molecule has 0 spiro atoms. The summed E-state index contributed by atoms with van der Waals surface area (Å²) in [6, 6.07) is 6.82. The first kappa shape index (κ1) is 10.5. The highest BCUT2D eigenvalue weighted by Crippen LogP contribution is 2.30. The molecule has 1 aliphatic rings. The quantitative estimate of drug-likeness (QED) is 0.794. The van der Waals surface area contributed by atoms with Crippen molar-refractivity contribution >= 4 is 5.69 Å². The molecule has 1 heterocycles. The first-order chi connectivity index (χ1) is 7.04. The molecule has 0 aliphatic carbocycles. The van der Waals surface area contributed by atoms with E-state index in [4.69, 9.17) is 0 Å². The lowest BCUT2D eigenvalue weighted by molar-refractivity contribution is 0.444. The topological polar surface area (TPSA) is 15.3 Å². The van der Waals surface area contributed by atoms with Crippen LogP contribution in [0.2, 0.25) is 0 Å². The zero-order chi connectivity index (χ0) is 11.1. The normalized spacial score (nSPS) is 15.6. The molecule has 1 N–H and O–H groups in total. The number of benzene rings is 1. The van der Waals surface area contributed by atoms with Gasteiger partial charge in [0.15, 0.2) is 0 Å². The number of likely N-dealkylation sites (N-methyl/N-ethyl adjacent to an activating group) is 1. The van der Waals surface area contributed by atoms with Crippen LogP contribution in [0.5, 0.6) is 0 Å². The minimum Gasteiger partial charge on any atom is -0.374 e. The predicted octanol–water partition coefficient (Wildman–Crippen LogP) is 2.13. The molecule has 0 bridgehead atoms. The zero-order valence-corrected chi connectivity index (χ0v) is 10.1. The maximum Gasteiger partial charge on any atom is 0.0397 e. The molecule has 1 aromatic rings. The van der Waals surface area contributed by atoms with Crippen molar-refractivity contribution in [3.63, 3.8) is 0 Å². The molecule has 0 amide bonds. The van der Waals surface area contributed by atoms with Gasteiger partial charge in [-0.15, -0.1) is 0 Å². The summed E-state index contributed by atoms with van der Waals surface area (Å²) in [5, 5.41) is 3.35. The number of anilines is 1. The lowest BCUT2D eigenvalue weighted by Gasteiger charge is -2.25. The van der Waals surface area contributed by atoms with Crippen LogP contribution in [0.1, 0.15) is 25.0 Å². The van der Waals surface area contributed by atoms with Crippen molar-refractivity contribution in [2.75, 3.05) is 25.5 Å². The zero-order valence-electron chi connectivity index (χ0n) is 10.1. The van der Waals surface area contributed by atoms with Gasteiger partial charge < -0.3 is 10.2 Å². The molecule has 0 aromatic heterocycles. The van der Waals surface area contributed by atoms with Crippen LogP contribution in [0.15, 0.2) is 18.2 Å². The first-order valence-corrected chi connectivity index (χ1v) is 5.58. The molecule has 82 valence electrons. The van der Waals surface area contributed by atoms with Gasteiger partial charge in [0.05, 0.1) is 0 Å². The molecule has 2 heteroatoms. The van der Waals surface area contributed by atoms with Crippen LogP contribution in [-0.4, -0.2) is 20.6 Å². The monoisotopic (exact) mass is 204 g/mol. The van der Waals surface area contributed by atoms with Crippen LogP contribution in [0.25, 0.3) is 0 Å². The minimum atomic E-state index is 0.0657. The van der Waals surface area contributed by atoms with Gasteiger partial charge in [0.1, 0.15) is 0 Å². The molecule has 0 fully saturated rings. The second-order valence-electron chi connectivity index (χ2n) is 4.89. The fraction of sp³-hybridized carbons (Fsp3) is 0.538. The summed E-state index contributed by atoms with van der Waals surface area (Å²) >= 11 is 0. The second kappa shape index (κ2) is 3.53. The molecular weight excluding hydrogens is 184 g/mol. The summed E-state index contributed by atoms with van der Waals surface area (Å²) in [4.78, 5) is 2.32. The van der Waals surface area contributed by atoms with Crippen molar-refractivity contribution in [1.29, 1.82) is 0 Å². The molecule has 1 aromatic carbocycles. The third-order valence-electron chi connectivity index (χ3n) is 3.55. The van der Waals surface area contributed by atoms with E-state index >= 15 is 0 Å². The van der Waals surface area contributed by atoms with Crippen molar-refractivity contribution in [2.24, 2.45) is 0 Å². The maximum atomic E-state index is 3.35. The van der Waals surface area contributed by atoms with E-state index in [9.17, 15) is 0 Å². The van der Waals surface area contributed by atoms with Crippen molar-refractivity contribution in [2.45, 2.75) is 25.8 Å². The van der Waals surface area contributed by atoms with E-state index in [1.54, 1.807) is 0 Å². The van der Waals surface area contributed by atoms with Crippen LogP contribution in [0, 0.1) is 0 Å². The lowest BCUT2D eigenvalue weighted by Crippen LogP contribution is -2.33. The molecule has 2 rings (SSSR count). The molecule has 0 saturated carbocycles. The summed E-state index contributed by atoms with van der Waals surface area (Å²) in [6.45, 7) is 5.58. The van der Waals surface area contributed by atoms with Crippen molar-refractivity contribution < 1.29 is 0 Å². The second-order valence-corrected chi connectivity index (χ2v) is 4.89. The molecule has 1 aliphatic heterocycles. The number of rotatable bonds is 2. The maximum absolute atomic E-state index is 3.35. The molecule has 2 nitrogen and oxygen atoms in total. The van der Waals surface area contributed by atoms with Gasteiger partial charge in [-0.1, -0.05) is 12.1 Å². The lowest BCUT2D eigenvalue weighted by atomic mass is 9.92. The number of fused-ring (bicyclic) bond motifs is 1. The van der Waals surface area contributed by atoms with Gasteiger partial charge in [-0.05, 0) is 44.5 Å². The smallest absolute Gasteiger partial charge is 0.0397 e. The van der Waals surface area contributed by atoms with Crippen LogP contribution in [-0.2, 0) is 12.0 Å². The Balaban J connectivity index is 2.39. The number of hydrogen-bond donors (Lipinski definition) is 1. The summed E-state index contributed by atoms with van der Waals surface area (Å²) in [5.41, 5.74) is 4.32. The highest BCUT2D eigenvalue weighted by Gasteiger charge is 2.21. The van der Waals surface area contributed by atoms with Gasteiger partial charge in [0.25, 0.3) is 0 Å². The van der Waals surface area contributed by atoms with Crippen molar-refractivity contribution in [1.82, 2.24) is 5.32 Å². The Morgan fingerprint density at radius 1 is 1.33 bits per heavy atom. The third kappa shape index (κ3) is 1.74. The van der Waals surface area contributed by atoms with E-state index in [2.05, 4.69) is 49.3 Å². The average molecular weight is 204 g/mol. The van der Waals surface area contributed by atoms with Crippen LogP contribution >= 0.6 is 0 Å². The van der Waals surface area contributed by atoms with Crippen LogP contribution < -0.4 is 10.2 Å². The number of nitrogens with zero attached hydrogens (tertiary/aromatic N) is 1. The summed E-state index contributed by atoms with van der Waals surface area (Å²) in [5.74, 6) is 0. The van der Waals surface area contributed by atoms with Gasteiger partial charge in [0, 0.05) is 24.8 Å². The molecular formula is C13H20N2. The largest absolute Gasteiger partial charge is 0.374 e. The molecule has 0 radical (unpaired) electrons.